The van der Waals surface area contributed by atoms with Gasteiger partial charge in [-0.1, -0.05) is 6.42 Å². The molecule has 1 aliphatic carbocycles. The van der Waals surface area contributed by atoms with Crippen molar-refractivity contribution < 1.29 is 32.3 Å². The highest BCUT2D eigenvalue weighted by atomic mass is 19.4. The predicted molar refractivity (Wildman–Crippen MR) is 101 cm³/mol. The second-order valence-corrected chi connectivity index (χ2v) is 9.68. The maximum atomic E-state index is 13.0. The molecule has 3 aliphatic rings. The van der Waals surface area contributed by atoms with Crippen LogP contribution in [0.2, 0.25) is 0 Å². The van der Waals surface area contributed by atoms with Crippen LogP contribution in [-0.2, 0) is 14.3 Å². The number of alkyl halides is 3. The second-order valence-electron chi connectivity index (χ2n) is 9.68. The van der Waals surface area contributed by atoms with E-state index in [0.29, 0.717) is 31.0 Å². The van der Waals surface area contributed by atoms with Crippen molar-refractivity contribution in [1.29, 1.82) is 0 Å². The molecule has 2 saturated heterocycles. The Balaban J connectivity index is 1.65. The predicted octanol–water partition coefficient (Wildman–Crippen LogP) is 2.69. The number of amides is 3. The molecule has 0 aromatic rings. The van der Waals surface area contributed by atoms with Gasteiger partial charge in [0.25, 0.3) is 0 Å². The van der Waals surface area contributed by atoms with Crippen LogP contribution in [0, 0.1) is 11.3 Å². The molecular weight excluding hydrogens is 403 g/mol. The van der Waals surface area contributed by atoms with E-state index >= 15 is 0 Å². The van der Waals surface area contributed by atoms with Gasteiger partial charge in [0.05, 0.1) is 0 Å². The summed E-state index contributed by atoms with van der Waals surface area (Å²) in [5.41, 5.74) is -0.921. The summed E-state index contributed by atoms with van der Waals surface area (Å²) in [4.78, 5) is 39.1. The van der Waals surface area contributed by atoms with E-state index in [4.69, 9.17) is 4.74 Å². The summed E-state index contributed by atoms with van der Waals surface area (Å²) in [7, 11) is 0. The van der Waals surface area contributed by atoms with Crippen molar-refractivity contribution in [3.8, 4) is 0 Å². The number of alkyl carbamates (subject to hydrolysis) is 1. The lowest BCUT2D eigenvalue weighted by Gasteiger charge is -2.31. The van der Waals surface area contributed by atoms with Gasteiger partial charge in [0.2, 0.25) is 5.91 Å². The maximum Gasteiger partial charge on any atom is 0.471 e. The van der Waals surface area contributed by atoms with E-state index in [1.165, 1.54) is 0 Å². The zero-order valence-corrected chi connectivity index (χ0v) is 17.7. The number of rotatable bonds is 3. The van der Waals surface area contributed by atoms with Crippen LogP contribution in [0.3, 0.4) is 0 Å². The van der Waals surface area contributed by atoms with E-state index in [0.717, 1.165) is 19.3 Å². The van der Waals surface area contributed by atoms with Crippen LogP contribution in [0.1, 0.15) is 52.9 Å². The SMILES string of the molecule is CC(C)(C)OC(=O)NC[C@@]12CCC[C@@H]1CN(C(=O)[C@H]1CCCN1C(=O)C(F)(F)F)C2. The highest BCUT2D eigenvalue weighted by molar-refractivity contribution is 5.90. The van der Waals surface area contributed by atoms with E-state index in [1.54, 1.807) is 25.7 Å². The molecule has 170 valence electrons. The van der Waals surface area contributed by atoms with Crippen molar-refractivity contribution in [2.24, 2.45) is 11.3 Å². The van der Waals surface area contributed by atoms with Gasteiger partial charge in [-0.3, -0.25) is 9.59 Å². The first-order valence-electron chi connectivity index (χ1n) is 10.5. The molecule has 0 bridgehead atoms. The zero-order valence-electron chi connectivity index (χ0n) is 17.7. The number of halogens is 3. The Hall–Kier alpha value is -2.00. The van der Waals surface area contributed by atoms with Crippen LogP contribution in [-0.4, -0.2) is 71.7 Å². The maximum absolute atomic E-state index is 13.0. The van der Waals surface area contributed by atoms with Gasteiger partial charge in [-0.15, -0.1) is 0 Å². The Morgan fingerprint density at radius 3 is 2.47 bits per heavy atom. The molecule has 1 saturated carbocycles. The van der Waals surface area contributed by atoms with E-state index in [-0.39, 0.29) is 24.3 Å². The van der Waals surface area contributed by atoms with Gasteiger partial charge in [0, 0.05) is 31.6 Å². The average molecular weight is 433 g/mol. The summed E-state index contributed by atoms with van der Waals surface area (Å²) in [5, 5.41) is 2.81. The molecule has 3 fully saturated rings. The molecule has 3 amide bonds. The molecule has 10 heteroatoms. The molecule has 3 rings (SSSR count). The largest absolute Gasteiger partial charge is 0.471 e. The Morgan fingerprint density at radius 1 is 1.13 bits per heavy atom. The van der Waals surface area contributed by atoms with Crippen molar-refractivity contribution in [2.75, 3.05) is 26.2 Å². The van der Waals surface area contributed by atoms with Crippen molar-refractivity contribution in [1.82, 2.24) is 15.1 Å². The van der Waals surface area contributed by atoms with Crippen LogP contribution in [0.5, 0.6) is 0 Å². The van der Waals surface area contributed by atoms with Gasteiger partial charge in [-0.05, 0) is 52.4 Å². The number of ether oxygens (including phenoxy) is 1. The number of nitrogens with one attached hydrogen (secondary N) is 1. The summed E-state index contributed by atoms with van der Waals surface area (Å²) in [6.45, 7) is 6.43. The first-order chi connectivity index (χ1) is 13.8. The molecule has 30 heavy (non-hydrogen) atoms. The van der Waals surface area contributed by atoms with Gasteiger partial charge in [-0.2, -0.15) is 13.2 Å². The summed E-state index contributed by atoms with van der Waals surface area (Å²) in [6, 6.07) is -1.06. The third-order valence-corrected chi connectivity index (χ3v) is 6.38. The molecular formula is C20H30F3N3O4. The highest BCUT2D eigenvalue weighted by Crippen LogP contribution is 2.48. The van der Waals surface area contributed by atoms with Crippen molar-refractivity contribution in [3.05, 3.63) is 0 Å². The van der Waals surface area contributed by atoms with E-state index in [1.807, 2.05) is 0 Å². The van der Waals surface area contributed by atoms with Crippen molar-refractivity contribution >= 4 is 17.9 Å². The third kappa shape index (κ3) is 4.67. The minimum Gasteiger partial charge on any atom is -0.444 e. The molecule has 7 nitrogen and oxygen atoms in total. The number of likely N-dealkylation sites (tertiary alicyclic amines) is 2. The second kappa shape index (κ2) is 7.92. The highest BCUT2D eigenvalue weighted by Gasteiger charge is 2.53. The van der Waals surface area contributed by atoms with Crippen LogP contribution in [0.4, 0.5) is 18.0 Å². The zero-order chi connectivity index (χ0) is 22.3. The fourth-order valence-corrected chi connectivity index (χ4v) is 5.07. The van der Waals surface area contributed by atoms with Crippen LogP contribution in [0.15, 0.2) is 0 Å². The van der Waals surface area contributed by atoms with Gasteiger partial charge < -0.3 is 19.9 Å². The van der Waals surface area contributed by atoms with Crippen molar-refractivity contribution in [3.63, 3.8) is 0 Å². The average Bonchev–Trinajstić information content (AvgIpc) is 3.30. The monoisotopic (exact) mass is 433 g/mol. The number of hydrogen-bond acceptors (Lipinski definition) is 4. The minimum atomic E-state index is -4.98. The summed E-state index contributed by atoms with van der Waals surface area (Å²) in [5.74, 6) is -2.19. The van der Waals surface area contributed by atoms with E-state index < -0.39 is 35.7 Å². The third-order valence-electron chi connectivity index (χ3n) is 6.38. The molecule has 2 heterocycles. The Morgan fingerprint density at radius 2 is 1.83 bits per heavy atom. The number of nitrogens with zero attached hydrogens (tertiary/aromatic N) is 2. The molecule has 0 spiro atoms. The molecule has 3 atom stereocenters. The lowest BCUT2D eigenvalue weighted by atomic mass is 9.81. The van der Waals surface area contributed by atoms with E-state index in [2.05, 4.69) is 5.32 Å². The molecule has 2 aliphatic heterocycles. The number of hydrogen-bond donors (Lipinski definition) is 1. The first kappa shape index (κ1) is 22.7. The van der Waals surface area contributed by atoms with E-state index in [9.17, 15) is 27.6 Å². The Bertz CT molecular complexity index is 706. The number of fused-ring (bicyclic) bond motifs is 1. The molecule has 0 unspecified atom stereocenters. The summed E-state index contributed by atoms with van der Waals surface area (Å²) < 4.78 is 44.0. The Labute approximate surface area is 174 Å². The summed E-state index contributed by atoms with van der Waals surface area (Å²) >= 11 is 0. The van der Waals surface area contributed by atoms with Gasteiger partial charge in [0.1, 0.15) is 11.6 Å². The minimum absolute atomic E-state index is 0.0582. The van der Waals surface area contributed by atoms with Crippen LogP contribution >= 0.6 is 0 Å². The molecule has 0 radical (unpaired) electrons. The Kier molecular flexibility index (Phi) is 5.99. The quantitative estimate of drug-likeness (QED) is 0.742. The fourth-order valence-electron chi connectivity index (χ4n) is 5.07. The smallest absolute Gasteiger partial charge is 0.444 e. The fraction of sp³-hybridized carbons (Fsp3) is 0.850. The van der Waals surface area contributed by atoms with Crippen molar-refractivity contribution in [2.45, 2.75) is 70.7 Å². The standard InChI is InChI=1S/C20H30F3N3O4/c1-18(2,3)30-17(29)24-11-19-8-4-6-13(19)10-25(12-19)15(27)14-7-5-9-26(14)16(28)20(21,22)23/h13-14H,4-12H2,1-3H3,(H,24,29)/t13-,14-,19-/m1/s1. The number of carbonyl (C=O) groups is 3. The lowest BCUT2D eigenvalue weighted by molar-refractivity contribution is -0.187. The van der Waals surface area contributed by atoms with Gasteiger partial charge >= 0.3 is 18.2 Å². The normalized spacial score (nSPS) is 29.1. The van der Waals surface area contributed by atoms with Crippen LogP contribution < -0.4 is 5.32 Å². The first-order valence-corrected chi connectivity index (χ1v) is 10.5. The van der Waals surface area contributed by atoms with Gasteiger partial charge in [0.15, 0.2) is 0 Å². The topological polar surface area (TPSA) is 79.0 Å². The van der Waals surface area contributed by atoms with Gasteiger partial charge in [-0.25, -0.2) is 4.79 Å². The summed E-state index contributed by atoms with van der Waals surface area (Å²) in [6.07, 6.45) is -2.19. The number of carbonyl (C=O) groups excluding carboxylic acids is 3. The van der Waals surface area contributed by atoms with Crippen LogP contribution in [0.25, 0.3) is 0 Å². The lowest BCUT2D eigenvalue weighted by Crippen LogP contribution is -2.51. The molecule has 0 aromatic heterocycles. The molecule has 0 aromatic carbocycles. The molecule has 1 N–H and O–H groups in total.